The highest BCUT2D eigenvalue weighted by Gasteiger charge is 2.13. The second kappa shape index (κ2) is 6.61. The molecule has 2 amide bonds. The molecule has 1 unspecified atom stereocenters. The molecule has 0 aliphatic carbocycles. The summed E-state index contributed by atoms with van der Waals surface area (Å²) in [7, 11) is 1.83. The number of urea groups is 1. The van der Waals surface area contributed by atoms with Crippen molar-refractivity contribution in [2.24, 2.45) is 0 Å². The molecular formula is C12H17N3O3. The van der Waals surface area contributed by atoms with Gasteiger partial charge in [0.25, 0.3) is 0 Å². The number of carboxylic acid groups (broad SMARTS) is 1. The van der Waals surface area contributed by atoms with Gasteiger partial charge in [-0.15, -0.1) is 0 Å². The van der Waals surface area contributed by atoms with E-state index in [0.717, 1.165) is 5.56 Å². The van der Waals surface area contributed by atoms with Crippen molar-refractivity contribution in [1.82, 2.24) is 10.6 Å². The Labute approximate surface area is 105 Å². The van der Waals surface area contributed by atoms with Crippen LogP contribution >= 0.6 is 0 Å². The first-order valence-electron chi connectivity index (χ1n) is 5.57. The Morgan fingerprint density at radius 1 is 1.39 bits per heavy atom. The normalized spacial score (nSPS) is 11.7. The first kappa shape index (κ1) is 14.0. The molecule has 0 heterocycles. The molecule has 0 aliphatic heterocycles. The van der Waals surface area contributed by atoms with Crippen molar-refractivity contribution < 1.29 is 14.7 Å². The predicted molar refractivity (Wildman–Crippen MR) is 68.5 cm³/mol. The summed E-state index contributed by atoms with van der Waals surface area (Å²) in [5.41, 5.74) is 1.65. The Bertz CT molecular complexity index is 434. The summed E-state index contributed by atoms with van der Waals surface area (Å²) < 4.78 is 0. The molecule has 0 spiro atoms. The second-order valence-electron chi connectivity index (χ2n) is 3.89. The van der Waals surface area contributed by atoms with Gasteiger partial charge in [0.2, 0.25) is 0 Å². The first-order valence-corrected chi connectivity index (χ1v) is 5.57. The summed E-state index contributed by atoms with van der Waals surface area (Å²) in [6.07, 6.45) is 0. The fourth-order valence-electron chi connectivity index (χ4n) is 1.39. The largest absolute Gasteiger partial charge is 0.480 e. The van der Waals surface area contributed by atoms with Crippen LogP contribution in [0.3, 0.4) is 0 Å². The molecule has 0 aromatic heterocycles. The smallest absolute Gasteiger partial charge is 0.325 e. The van der Waals surface area contributed by atoms with Crippen LogP contribution in [0.2, 0.25) is 0 Å². The molecule has 1 aromatic carbocycles. The van der Waals surface area contributed by atoms with E-state index in [0.29, 0.717) is 12.2 Å². The lowest BCUT2D eigenvalue weighted by Gasteiger charge is -2.11. The van der Waals surface area contributed by atoms with E-state index in [-0.39, 0.29) is 0 Å². The van der Waals surface area contributed by atoms with Gasteiger partial charge in [0.15, 0.2) is 0 Å². The van der Waals surface area contributed by atoms with E-state index in [1.807, 2.05) is 25.2 Å². The van der Waals surface area contributed by atoms with Crippen molar-refractivity contribution in [2.45, 2.75) is 19.5 Å². The van der Waals surface area contributed by atoms with Crippen LogP contribution in [0.25, 0.3) is 0 Å². The summed E-state index contributed by atoms with van der Waals surface area (Å²) in [5.74, 6) is -1.07. The molecule has 1 rings (SSSR count). The second-order valence-corrected chi connectivity index (χ2v) is 3.89. The molecule has 0 radical (unpaired) electrons. The number of hydrogen-bond donors (Lipinski definition) is 4. The maximum Gasteiger partial charge on any atom is 0.325 e. The van der Waals surface area contributed by atoms with Gasteiger partial charge in [-0.3, -0.25) is 4.79 Å². The number of nitrogens with one attached hydrogen (secondary N) is 3. The number of carbonyl (C=O) groups excluding carboxylic acids is 1. The van der Waals surface area contributed by atoms with Crippen LogP contribution in [-0.2, 0) is 11.3 Å². The minimum atomic E-state index is -1.07. The van der Waals surface area contributed by atoms with Crippen LogP contribution in [0, 0.1) is 0 Å². The monoisotopic (exact) mass is 251 g/mol. The Kier molecular flexibility index (Phi) is 5.13. The summed E-state index contributed by atoms with van der Waals surface area (Å²) >= 11 is 0. The Morgan fingerprint density at radius 2 is 2.11 bits per heavy atom. The lowest BCUT2D eigenvalue weighted by molar-refractivity contribution is -0.138. The molecule has 6 nitrogen and oxygen atoms in total. The molecule has 0 aliphatic rings. The summed E-state index contributed by atoms with van der Waals surface area (Å²) in [4.78, 5) is 22.1. The lowest BCUT2D eigenvalue weighted by atomic mass is 10.2. The van der Waals surface area contributed by atoms with E-state index in [1.165, 1.54) is 6.92 Å². The average Bonchev–Trinajstić information content (AvgIpc) is 2.29. The number of anilines is 1. The van der Waals surface area contributed by atoms with E-state index in [9.17, 15) is 9.59 Å². The fourth-order valence-corrected chi connectivity index (χ4v) is 1.39. The van der Waals surface area contributed by atoms with Gasteiger partial charge in [-0.05, 0) is 31.7 Å². The fraction of sp³-hybridized carbons (Fsp3) is 0.333. The van der Waals surface area contributed by atoms with E-state index < -0.39 is 18.0 Å². The number of carboxylic acids is 1. The van der Waals surface area contributed by atoms with Crippen molar-refractivity contribution in [3.05, 3.63) is 29.8 Å². The van der Waals surface area contributed by atoms with E-state index in [1.54, 1.807) is 6.07 Å². The van der Waals surface area contributed by atoms with Crippen molar-refractivity contribution >= 4 is 17.7 Å². The van der Waals surface area contributed by atoms with Crippen molar-refractivity contribution in [3.63, 3.8) is 0 Å². The summed E-state index contributed by atoms with van der Waals surface area (Å²) in [5, 5.41) is 16.6. The lowest BCUT2D eigenvalue weighted by Crippen LogP contribution is -2.40. The van der Waals surface area contributed by atoms with Gasteiger partial charge in [0.1, 0.15) is 6.04 Å². The zero-order valence-electron chi connectivity index (χ0n) is 10.4. The number of hydrogen-bond acceptors (Lipinski definition) is 3. The standard InChI is InChI=1S/C12H17N3O3/c1-8(11(16)17)14-12(18)15-10-5-3-4-9(6-10)7-13-2/h3-6,8,13H,7H2,1-2H3,(H,16,17)(H2,14,15,18). The zero-order valence-corrected chi connectivity index (χ0v) is 10.4. The van der Waals surface area contributed by atoms with Crippen LogP contribution in [0.15, 0.2) is 24.3 Å². The Hall–Kier alpha value is -2.08. The molecule has 0 fully saturated rings. The van der Waals surface area contributed by atoms with Crippen LogP contribution in [-0.4, -0.2) is 30.2 Å². The maximum absolute atomic E-state index is 11.5. The van der Waals surface area contributed by atoms with Gasteiger partial charge in [-0.25, -0.2) is 4.79 Å². The number of rotatable bonds is 5. The summed E-state index contributed by atoms with van der Waals surface area (Å²) in [6.45, 7) is 2.10. The van der Waals surface area contributed by atoms with Crippen molar-refractivity contribution in [2.75, 3.05) is 12.4 Å². The van der Waals surface area contributed by atoms with E-state index in [4.69, 9.17) is 5.11 Å². The van der Waals surface area contributed by atoms with E-state index >= 15 is 0 Å². The first-order chi connectivity index (χ1) is 8.52. The molecule has 0 bridgehead atoms. The van der Waals surface area contributed by atoms with Gasteiger partial charge >= 0.3 is 12.0 Å². The number of benzene rings is 1. The van der Waals surface area contributed by atoms with Crippen molar-refractivity contribution in [3.8, 4) is 0 Å². The SMILES string of the molecule is CNCc1cccc(NC(=O)NC(C)C(=O)O)c1. The minimum absolute atomic E-state index is 0.536. The highest BCUT2D eigenvalue weighted by Crippen LogP contribution is 2.10. The van der Waals surface area contributed by atoms with Gasteiger partial charge in [0.05, 0.1) is 0 Å². The highest BCUT2D eigenvalue weighted by molar-refractivity contribution is 5.92. The molecular weight excluding hydrogens is 234 g/mol. The molecule has 98 valence electrons. The third-order valence-electron chi connectivity index (χ3n) is 2.28. The van der Waals surface area contributed by atoms with Crippen LogP contribution in [0.4, 0.5) is 10.5 Å². The molecule has 0 saturated carbocycles. The number of carbonyl (C=O) groups is 2. The molecule has 1 atom stereocenters. The van der Waals surface area contributed by atoms with Gasteiger partial charge in [0, 0.05) is 12.2 Å². The van der Waals surface area contributed by atoms with Gasteiger partial charge in [-0.2, -0.15) is 0 Å². The van der Waals surface area contributed by atoms with E-state index in [2.05, 4.69) is 16.0 Å². The van der Waals surface area contributed by atoms with Crippen molar-refractivity contribution in [1.29, 1.82) is 0 Å². The molecule has 1 aromatic rings. The number of aliphatic carboxylic acids is 1. The van der Waals surface area contributed by atoms with Crippen LogP contribution in [0.5, 0.6) is 0 Å². The van der Waals surface area contributed by atoms with Crippen LogP contribution < -0.4 is 16.0 Å². The quantitative estimate of drug-likeness (QED) is 0.628. The topological polar surface area (TPSA) is 90.5 Å². The maximum atomic E-state index is 11.5. The van der Waals surface area contributed by atoms with Gasteiger partial charge in [-0.1, -0.05) is 12.1 Å². The van der Waals surface area contributed by atoms with Gasteiger partial charge < -0.3 is 21.1 Å². The Morgan fingerprint density at radius 3 is 2.72 bits per heavy atom. The number of amides is 2. The summed E-state index contributed by atoms with van der Waals surface area (Å²) in [6, 6.07) is 5.85. The predicted octanol–water partition coefficient (Wildman–Crippen LogP) is 1.00. The zero-order chi connectivity index (χ0) is 13.5. The third kappa shape index (κ3) is 4.42. The minimum Gasteiger partial charge on any atom is -0.480 e. The molecule has 4 N–H and O–H groups in total. The molecule has 6 heteroatoms. The average molecular weight is 251 g/mol. The Balaban J connectivity index is 2.58. The highest BCUT2D eigenvalue weighted by atomic mass is 16.4. The third-order valence-corrected chi connectivity index (χ3v) is 2.28. The molecule has 0 saturated heterocycles. The van der Waals surface area contributed by atoms with Crippen LogP contribution in [0.1, 0.15) is 12.5 Å². The molecule has 18 heavy (non-hydrogen) atoms.